The SMILES string of the molecule is CCOC(=O)CN1C(=O)SC(=Cc2ccc(C)o2)C1=O. The van der Waals surface area contributed by atoms with Crippen molar-refractivity contribution in [2.45, 2.75) is 13.8 Å². The van der Waals surface area contributed by atoms with Crippen molar-refractivity contribution in [3.05, 3.63) is 28.6 Å². The molecule has 0 aromatic carbocycles. The Morgan fingerprint density at radius 1 is 1.45 bits per heavy atom. The van der Waals surface area contributed by atoms with Crippen molar-refractivity contribution in [2.24, 2.45) is 0 Å². The molecule has 0 saturated carbocycles. The molecule has 1 aromatic rings. The van der Waals surface area contributed by atoms with Gasteiger partial charge in [-0.2, -0.15) is 0 Å². The number of thioether (sulfide) groups is 1. The van der Waals surface area contributed by atoms with Gasteiger partial charge in [0.05, 0.1) is 11.5 Å². The number of rotatable bonds is 4. The first-order valence-corrected chi connectivity index (χ1v) is 6.80. The highest BCUT2D eigenvalue weighted by atomic mass is 32.2. The van der Waals surface area contributed by atoms with Crippen LogP contribution in [0, 0.1) is 6.92 Å². The van der Waals surface area contributed by atoms with Crippen LogP contribution in [0.1, 0.15) is 18.4 Å². The molecule has 7 heteroatoms. The molecule has 0 radical (unpaired) electrons. The number of furan rings is 1. The minimum atomic E-state index is -0.607. The molecule has 2 heterocycles. The van der Waals surface area contributed by atoms with Gasteiger partial charge < -0.3 is 9.15 Å². The zero-order valence-corrected chi connectivity index (χ0v) is 11.9. The number of esters is 1. The van der Waals surface area contributed by atoms with Gasteiger partial charge in [0.2, 0.25) is 0 Å². The topological polar surface area (TPSA) is 76.8 Å². The molecule has 106 valence electrons. The molecule has 1 aliphatic heterocycles. The summed E-state index contributed by atoms with van der Waals surface area (Å²) in [7, 11) is 0. The lowest BCUT2D eigenvalue weighted by molar-refractivity contribution is -0.145. The van der Waals surface area contributed by atoms with Crippen molar-refractivity contribution in [3.8, 4) is 0 Å². The summed E-state index contributed by atoms with van der Waals surface area (Å²) in [5.41, 5.74) is 0. The zero-order chi connectivity index (χ0) is 14.7. The van der Waals surface area contributed by atoms with Gasteiger partial charge >= 0.3 is 5.97 Å². The van der Waals surface area contributed by atoms with Gasteiger partial charge in [-0.25, -0.2) is 0 Å². The molecule has 1 aromatic heterocycles. The normalized spacial score (nSPS) is 17.1. The molecule has 0 aliphatic carbocycles. The third-order valence-corrected chi connectivity index (χ3v) is 3.41. The van der Waals surface area contributed by atoms with Crippen molar-refractivity contribution < 1.29 is 23.5 Å². The standard InChI is InChI=1S/C13H13NO5S/c1-3-18-11(15)7-14-12(16)10(20-13(14)17)6-9-5-4-8(2)19-9/h4-6H,3,7H2,1-2H3. The van der Waals surface area contributed by atoms with E-state index < -0.39 is 17.1 Å². The number of carbonyl (C=O) groups excluding carboxylic acids is 3. The van der Waals surface area contributed by atoms with Gasteiger partial charge in [0, 0.05) is 6.08 Å². The first-order chi connectivity index (χ1) is 9.51. The summed E-state index contributed by atoms with van der Waals surface area (Å²) in [5, 5.41) is -0.488. The fourth-order valence-corrected chi connectivity index (χ4v) is 2.45. The maximum absolute atomic E-state index is 12.0. The van der Waals surface area contributed by atoms with Gasteiger partial charge in [0.1, 0.15) is 18.1 Å². The van der Waals surface area contributed by atoms with E-state index in [-0.39, 0.29) is 18.1 Å². The smallest absolute Gasteiger partial charge is 0.326 e. The van der Waals surface area contributed by atoms with Crippen molar-refractivity contribution in [2.75, 3.05) is 13.2 Å². The molecule has 1 aliphatic rings. The summed E-state index contributed by atoms with van der Waals surface area (Å²) < 4.78 is 10.0. The molecule has 1 saturated heterocycles. The van der Waals surface area contributed by atoms with E-state index >= 15 is 0 Å². The number of ether oxygens (including phenoxy) is 1. The summed E-state index contributed by atoms with van der Waals surface area (Å²) in [6, 6.07) is 3.46. The fourth-order valence-electron chi connectivity index (χ4n) is 1.63. The number of amides is 2. The average Bonchev–Trinajstić information content (AvgIpc) is 2.89. The molecule has 6 nitrogen and oxygen atoms in total. The maximum atomic E-state index is 12.0. The number of nitrogens with zero attached hydrogens (tertiary/aromatic N) is 1. The van der Waals surface area contributed by atoms with Crippen molar-refractivity contribution in [1.29, 1.82) is 0 Å². The Morgan fingerprint density at radius 2 is 2.20 bits per heavy atom. The van der Waals surface area contributed by atoms with E-state index in [1.165, 1.54) is 6.08 Å². The zero-order valence-electron chi connectivity index (χ0n) is 11.0. The van der Waals surface area contributed by atoms with Crippen LogP contribution in [0.5, 0.6) is 0 Å². The molecule has 2 rings (SSSR count). The van der Waals surface area contributed by atoms with Crippen LogP contribution in [0.15, 0.2) is 21.5 Å². The van der Waals surface area contributed by atoms with E-state index in [0.29, 0.717) is 11.5 Å². The number of hydrogen-bond donors (Lipinski definition) is 0. The minimum absolute atomic E-state index is 0.205. The Morgan fingerprint density at radius 3 is 2.80 bits per heavy atom. The lowest BCUT2D eigenvalue weighted by atomic mass is 10.3. The summed E-state index contributed by atoms with van der Waals surface area (Å²) >= 11 is 0.777. The number of imide groups is 1. The van der Waals surface area contributed by atoms with Crippen LogP contribution in [0.2, 0.25) is 0 Å². The monoisotopic (exact) mass is 295 g/mol. The van der Waals surface area contributed by atoms with E-state index in [9.17, 15) is 14.4 Å². The molecule has 0 unspecified atom stereocenters. The van der Waals surface area contributed by atoms with Crippen molar-refractivity contribution in [1.82, 2.24) is 4.90 Å². The third-order valence-electron chi connectivity index (χ3n) is 2.50. The number of hydrogen-bond acceptors (Lipinski definition) is 6. The molecule has 0 spiro atoms. The largest absolute Gasteiger partial charge is 0.465 e. The van der Waals surface area contributed by atoms with Gasteiger partial charge in [0.25, 0.3) is 11.1 Å². The second-order valence-corrected chi connectivity index (χ2v) is 5.01. The number of aryl methyl sites for hydroxylation is 1. The van der Waals surface area contributed by atoms with Crippen molar-refractivity contribution in [3.63, 3.8) is 0 Å². The van der Waals surface area contributed by atoms with Crippen LogP contribution in [0.25, 0.3) is 6.08 Å². The highest BCUT2D eigenvalue weighted by Gasteiger charge is 2.36. The van der Waals surface area contributed by atoms with Crippen LogP contribution in [-0.4, -0.2) is 35.2 Å². The predicted molar refractivity (Wildman–Crippen MR) is 72.8 cm³/mol. The van der Waals surface area contributed by atoms with Crippen LogP contribution >= 0.6 is 11.8 Å². The lowest BCUT2D eigenvalue weighted by Crippen LogP contribution is -2.34. The van der Waals surface area contributed by atoms with Crippen LogP contribution in [0.3, 0.4) is 0 Å². The first kappa shape index (κ1) is 14.4. The van der Waals surface area contributed by atoms with E-state index in [4.69, 9.17) is 9.15 Å². The molecular formula is C13H13NO5S. The van der Waals surface area contributed by atoms with Gasteiger partial charge in [-0.3, -0.25) is 19.3 Å². The Balaban J connectivity index is 2.12. The second kappa shape index (κ2) is 5.96. The van der Waals surface area contributed by atoms with Gasteiger partial charge in [-0.05, 0) is 37.7 Å². The minimum Gasteiger partial charge on any atom is -0.465 e. The molecule has 0 bridgehead atoms. The molecule has 0 atom stereocenters. The van der Waals surface area contributed by atoms with Crippen LogP contribution < -0.4 is 0 Å². The van der Waals surface area contributed by atoms with Gasteiger partial charge in [-0.15, -0.1) is 0 Å². The maximum Gasteiger partial charge on any atom is 0.326 e. The summed E-state index contributed by atoms with van der Waals surface area (Å²) in [4.78, 5) is 36.2. The Bertz CT molecular complexity index is 589. The predicted octanol–water partition coefficient (Wildman–Crippen LogP) is 2.19. The Labute approximate surface area is 119 Å². The summed E-state index contributed by atoms with van der Waals surface area (Å²) in [6.07, 6.45) is 1.49. The van der Waals surface area contributed by atoms with Crippen LogP contribution in [-0.2, 0) is 14.3 Å². The van der Waals surface area contributed by atoms with Crippen molar-refractivity contribution >= 4 is 35.0 Å². The molecule has 0 N–H and O–H groups in total. The molecule has 1 fully saturated rings. The van der Waals surface area contributed by atoms with E-state index in [0.717, 1.165) is 16.7 Å². The van der Waals surface area contributed by atoms with Gasteiger partial charge in [-0.1, -0.05) is 0 Å². The quantitative estimate of drug-likeness (QED) is 0.626. The van der Waals surface area contributed by atoms with E-state index in [1.807, 2.05) is 0 Å². The average molecular weight is 295 g/mol. The first-order valence-electron chi connectivity index (χ1n) is 5.98. The highest BCUT2D eigenvalue weighted by Crippen LogP contribution is 2.32. The van der Waals surface area contributed by atoms with Crippen LogP contribution in [0.4, 0.5) is 4.79 Å². The summed E-state index contributed by atoms with van der Waals surface area (Å²) in [6.45, 7) is 3.28. The lowest BCUT2D eigenvalue weighted by Gasteiger charge is -2.10. The Kier molecular flexibility index (Phi) is 4.29. The molecular weight excluding hydrogens is 282 g/mol. The second-order valence-electron chi connectivity index (χ2n) is 4.02. The highest BCUT2D eigenvalue weighted by molar-refractivity contribution is 8.18. The third kappa shape index (κ3) is 3.11. The fraction of sp³-hybridized carbons (Fsp3) is 0.308. The molecule has 20 heavy (non-hydrogen) atoms. The van der Waals surface area contributed by atoms with Gasteiger partial charge in [0.15, 0.2) is 0 Å². The molecule has 2 amide bonds. The Hall–Kier alpha value is -2.02. The summed E-state index contributed by atoms with van der Waals surface area (Å²) in [5.74, 6) is 0.0816. The number of carbonyl (C=O) groups is 3. The van der Waals surface area contributed by atoms with E-state index in [2.05, 4.69) is 0 Å². The van der Waals surface area contributed by atoms with E-state index in [1.54, 1.807) is 26.0 Å².